The molecular formula is C13H24O. The van der Waals surface area contributed by atoms with E-state index in [9.17, 15) is 0 Å². The molecule has 2 rings (SSSR count). The molecule has 0 saturated heterocycles. The van der Waals surface area contributed by atoms with Crippen LogP contribution in [0.15, 0.2) is 0 Å². The van der Waals surface area contributed by atoms with Crippen LogP contribution < -0.4 is 0 Å². The summed E-state index contributed by atoms with van der Waals surface area (Å²) in [5.74, 6) is 2.05. The fourth-order valence-corrected chi connectivity index (χ4v) is 3.21. The van der Waals surface area contributed by atoms with Gasteiger partial charge in [-0.1, -0.05) is 39.0 Å². The molecular weight excluding hydrogens is 172 g/mol. The quantitative estimate of drug-likeness (QED) is 0.622. The van der Waals surface area contributed by atoms with Gasteiger partial charge in [-0.15, -0.1) is 0 Å². The van der Waals surface area contributed by atoms with Gasteiger partial charge < -0.3 is 4.74 Å². The Morgan fingerprint density at radius 2 is 1.71 bits per heavy atom. The number of unbranched alkanes of at least 4 members (excludes halogenated alkanes) is 1. The zero-order chi connectivity index (χ0) is 9.80. The molecule has 1 heteroatoms. The molecule has 0 aromatic rings. The summed E-state index contributed by atoms with van der Waals surface area (Å²) in [6.45, 7) is 3.23. The fraction of sp³-hybridized carbons (Fsp3) is 1.00. The summed E-state index contributed by atoms with van der Waals surface area (Å²) in [7, 11) is 0. The molecule has 0 heterocycles. The van der Waals surface area contributed by atoms with Gasteiger partial charge in [0.2, 0.25) is 0 Å². The maximum Gasteiger partial charge on any atom is 0.0580 e. The van der Waals surface area contributed by atoms with E-state index < -0.39 is 0 Å². The largest absolute Gasteiger partial charge is 0.378 e. The zero-order valence-corrected chi connectivity index (χ0v) is 9.50. The summed E-state index contributed by atoms with van der Waals surface area (Å²) in [5.41, 5.74) is 0. The van der Waals surface area contributed by atoms with Crippen molar-refractivity contribution in [3.63, 3.8) is 0 Å². The van der Waals surface area contributed by atoms with E-state index in [4.69, 9.17) is 4.74 Å². The Morgan fingerprint density at radius 3 is 2.29 bits per heavy atom. The second kappa shape index (κ2) is 5.16. The minimum Gasteiger partial charge on any atom is -0.378 e. The van der Waals surface area contributed by atoms with E-state index >= 15 is 0 Å². The minimum atomic E-state index is 0.620. The van der Waals surface area contributed by atoms with Crippen molar-refractivity contribution in [3.8, 4) is 0 Å². The Labute approximate surface area is 88.2 Å². The van der Waals surface area contributed by atoms with Crippen LogP contribution in [-0.2, 0) is 4.74 Å². The molecule has 0 aromatic heterocycles. The molecule has 0 spiro atoms. The average molecular weight is 196 g/mol. The third-order valence-corrected chi connectivity index (χ3v) is 4.05. The van der Waals surface area contributed by atoms with E-state index in [1.165, 1.54) is 51.4 Å². The first kappa shape index (κ1) is 10.5. The Morgan fingerprint density at radius 1 is 1.07 bits per heavy atom. The lowest BCUT2D eigenvalue weighted by Crippen LogP contribution is -2.12. The van der Waals surface area contributed by atoms with Crippen LogP contribution in [0.25, 0.3) is 0 Å². The minimum absolute atomic E-state index is 0.620. The smallest absolute Gasteiger partial charge is 0.0580 e. The van der Waals surface area contributed by atoms with Gasteiger partial charge in [-0.25, -0.2) is 0 Å². The molecule has 0 radical (unpaired) electrons. The summed E-state index contributed by atoms with van der Waals surface area (Å²) < 4.78 is 5.94. The molecule has 0 N–H and O–H groups in total. The summed E-state index contributed by atoms with van der Waals surface area (Å²) in [6.07, 6.45) is 11.8. The van der Waals surface area contributed by atoms with Crippen molar-refractivity contribution in [1.82, 2.24) is 0 Å². The monoisotopic (exact) mass is 196 g/mol. The maximum atomic E-state index is 5.94. The number of ether oxygens (including phenoxy) is 1. The van der Waals surface area contributed by atoms with Crippen molar-refractivity contribution < 1.29 is 4.74 Å². The Bertz CT molecular complexity index is 153. The molecule has 2 saturated carbocycles. The van der Waals surface area contributed by atoms with Gasteiger partial charge >= 0.3 is 0 Å². The van der Waals surface area contributed by atoms with Gasteiger partial charge in [0.25, 0.3) is 0 Å². The Kier molecular flexibility index (Phi) is 3.86. The van der Waals surface area contributed by atoms with Crippen LogP contribution in [0, 0.1) is 11.8 Å². The summed E-state index contributed by atoms with van der Waals surface area (Å²) in [6, 6.07) is 0. The van der Waals surface area contributed by atoms with Gasteiger partial charge in [0.15, 0.2) is 0 Å². The van der Waals surface area contributed by atoms with Crippen molar-refractivity contribution in [2.75, 3.05) is 6.61 Å². The molecule has 2 unspecified atom stereocenters. The molecule has 0 aromatic carbocycles. The molecule has 0 bridgehead atoms. The lowest BCUT2D eigenvalue weighted by molar-refractivity contribution is 0.0522. The van der Waals surface area contributed by atoms with Crippen molar-refractivity contribution >= 4 is 0 Å². The van der Waals surface area contributed by atoms with E-state index in [2.05, 4.69) is 6.92 Å². The van der Waals surface area contributed by atoms with E-state index in [0.29, 0.717) is 6.10 Å². The maximum absolute atomic E-state index is 5.94. The zero-order valence-electron chi connectivity index (χ0n) is 9.50. The van der Waals surface area contributed by atoms with Crippen LogP contribution >= 0.6 is 0 Å². The van der Waals surface area contributed by atoms with Crippen LogP contribution in [0.5, 0.6) is 0 Å². The van der Waals surface area contributed by atoms with Crippen LogP contribution in [0.4, 0.5) is 0 Å². The second-order valence-corrected chi connectivity index (χ2v) is 5.12. The third-order valence-electron chi connectivity index (χ3n) is 4.05. The van der Waals surface area contributed by atoms with E-state index in [1.807, 2.05) is 0 Å². The van der Waals surface area contributed by atoms with E-state index in [0.717, 1.165) is 18.4 Å². The average Bonchev–Trinajstić information content (AvgIpc) is 2.60. The molecule has 2 fully saturated rings. The predicted octanol–water partition coefficient (Wildman–Crippen LogP) is 3.77. The van der Waals surface area contributed by atoms with E-state index in [-0.39, 0.29) is 0 Å². The highest BCUT2D eigenvalue weighted by Crippen LogP contribution is 2.43. The molecule has 2 aliphatic carbocycles. The molecule has 0 amide bonds. The number of hydrogen-bond donors (Lipinski definition) is 0. The predicted molar refractivity (Wildman–Crippen MR) is 59.3 cm³/mol. The lowest BCUT2D eigenvalue weighted by atomic mass is 9.82. The SMILES string of the molecule is CCCCOC1CC2CCCCC2C1. The van der Waals surface area contributed by atoms with Crippen LogP contribution in [0.1, 0.15) is 58.3 Å². The third kappa shape index (κ3) is 2.50. The van der Waals surface area contributed by atoms with Crippen molar-refractivity contribution in [3.05, 3.63) is 0 Å². The topological polar surface area (TPSA) is 9.23 Å². The first-order chi connectivity index (χ1) is 6.90. The standard InChI is InChI=1S/C13H24O/c1-2-3-8-14-13-9-11-6-4-5-7-12(11)10-13/h11-13H,2-10H2,1H3. The van der Waals surface area contributed by atoms with Crippen LogP contribution in [0.3, 0.4) is 0 Å². The van der Waals surface area contributed by atoms with Gasteiger partial charge in [0, 0.05) is 6.61 Å². The molecule has 0 aliphatic heterocycles. The van der Waals surface area contributed by atoms with Gasteiger partial charge in [0.1, 0.15) is 0 Å². The van der Waals surface area contributed by atoms with Crippen molar-refractivity contribution in [2.24, 2.45) is 11.8 Å². The van der Waals surface area contributed by atoms with Crippen molar-refractivity contribution in [2.45, 2.75) is 64.4 Å². The molecule has 1 nitrogen and oxygen atoms in total. The van der Waals surface area contributed by atoms with Crippen LogP contribution in [0.2, 0.25) is 0 Å². The fourth-order valence-electron chi connectivity index (χ4n) is 3.21. The molecule has 2 aliphatic rings. The number of fused-ring (bicyclic) bond motifs is 1. The number of rotatable bonds is 4. The first-order valence-corrected chi connectivity index (χ1v) is 6.51. The van der Waals surface area contributed by atoms with Crippen LogP contribution in [-0.4, -0.2) is 12.7 Å². The summed E-state index contributed by atoms with van der Waals surface area (Å²) in [5, 5.41) is 0. The highest BCUT2D eigenvalue weighted by atomic mass is 16.5. The van der Waals surface area contributed by atoms with E-state index in [1.54, 1.807) is 0 Å². The lowest BCUT2D eigenvalue weighted by Gasteiger charge is -2.23. The summed E-state index contributed by atoms with van der Waals surface area (Å²) in [4.78, 5) is 0. The van der Waals surface area contributed by atoms with Crippen molar-refractivity contribution in [1.29, 1.82) is 0 Å². The normalized spacial score (nSPS) is 37.1. The molecule has 2 atom stereocenters. The second-order valence-electron chi connectivity index (χ2n) is 5.12. The van der Waals surface area contributed by atoms with Gasteiger partial charge in [-0.05, 0) is 31.1 Å². The number of hydrogen-bond acceptors (Lipinski definition) is 1. The summed E-state index contributed by atoms with van der Waals surface area (Å²) >= 11 is 0. The van der Waals surface area contributed by atoms with Gasteiger partial charge in [-0.3, -0.25) is 0 Å². The first-order valence-electron chi connectivity index (χ1n) is 6.51. The Hall–Kier alpha value is -0.0400. The molecule has 14 heavy (non-hydrogen) atoms. The van der Waals surface area contributed by atoms with Gasteiger partial charge in [-0.2, -0.15) is 0 Å². The highest BCUT2D eigenvalue weighted by Gasteiger charge is 2.35. The van der Waals surface area contributed by atoms with Gasteiger partial charge in [0.05, 0.1) is 6.10 Å². The highest BCUT2D eigenvalue weighted by molar-refractivity contribution is 4.86. The Balaban J connectivity index is 1.70. The molecule has 82 valence electrons.